The molecular formula is C27H25F2N5O3. The summed E-state index contributed by atoms with van der Waals surface area (Å²) in [5, 5.41) is 0. The number of piperazine rings is 1. The van der Waals surface area contributed by atoms with E-state index < -0.39 is 47.1 Å². The molecule has 2 aliphatic heterocycles. The van der Waals surface area contributed by atoms with Gasteiger partial charge in [-0.3, -0.25) is 14.5 Å². The molecule has 4 amide bonds. The number of benzene rings is 2. The van der Waals surface area contributed by atoms with E-state index in [1.807, 2.05) is 6.07 Å². The van der Waals surface area contributed by atoms with Gasteiger partial charge >= 0.3 is 6.03 Å². The molecule has 0 aliphatic carbocycles. The van der Waals surface area contributed by atoms with Gasteiger partial charge in [-0.15, -0.1) is 0 Å². The Balaban J connectivity index is 1.63. The number of halogens is 2. The third-order valence-corrected chi connectivity index (χ3v) is 6.21. The van der Waals surface area contributed by atoms with Crippen LogP contribution in [0.25, 0.3) is 0 Å². The Morgan fingerprint density at radius 2 is 1.59 bits per heavy atom. The molecule has 2 heterocycles. The first-order chi connectivity index (χ1) is 17.5. The third kappa shape index (κ3) is 4.76. The van der Waals surface area contributed by atoms with E-state index in [9.17, 15) is 14.4 Å². The van der Waals surface area contributed by atoms with Gasteiger partial charge in [0.1, 0.15) is 17.0 Å². The molecule has 2 aliphatic rings. The van der Waals surface area contributed by atoms with E-state index in [2.05, 4.69) is 11.8 Å². The quantitative estimate of drug-likeness (QED) is 0.492. The summed E-state index contributed by atoms with van der Waals surface area (Å²) >= 11 is 0. The second-order valence-electron chi connectivity index (χ2n) is 8.98. The number of hydrogen-bond donors (Lipinski definition) is 2. The first-order valence-corrected chi connectivity index (χ1v) is 11.4. The third-order valence-electron chi connectivity index (χ3n) is 6.21. The Kier molecular flexibility index (Phi) is 6.72. The molecule has 37 heavy (non-hydrogen) atoms. The van der Waals surface area contributed by atoms with Crippen molar-refractivity contribution in [1.82, 2.24) is 9.80 Å². The largest absolute Gasteiger partial charge is 0.402 e. The molecule has 4 N–H and O–H groups in total. The molecule has 190 valence electrons. The Labute approximate surface area is 212 Å². The van der Waals surface area contributed by atoms with Crippen LogP contribution in [0.4, 0.5) is 19.3 Å². The van der Waals surface area contributed by atoms with Crippen LogP contribution < -0.4 is 16.4 Å². The lowest BCUT2D eigenvalue weighted by atomic mass is 9.88. The van der Waals surface area contributed by atoms with Crippen molar-refractivity contribution in [2.75, 3.05) is 18.0 Å². The molecule has 4 rings (SSSR count). The number of fused-ring (bicyclic) bond motifs is 1. The van der Waals surface area contributed by atoms with Gasteiger partial charge in [-0.1, -0.05) is 30.0 Å². The topological polar surface area (TPSA) is 113 Å². The summed E-state index contributed by atoms with van der Waals surface area (Å²) in [7, 11) is 0. The minimum absolute atomic E-state index is 0.00537. The smallest absolute Gasteiger partial charge is 0.332 e. The van der Waals surface area contributed by atoms with Gasteiger partial charge in [0.25, 0.3) is 5.91 Å². The molecule has 10 heteroatoms. The SMILES string of the molecule is C/C(N)=C/C=C(\N)N1CCN2C(=O)N(c3c(F)cc(C#Cc4ccccc4)cc3F)C(=O)CC2(C)C1=O. The zero-order chi connectivity index (χ0) is 26.9. The maximum absolute atomic E-state index is 15.1. The number of carbonyl (C=O) groups excluding carboxylic acids is 3. The number of anilines is 1. The van der Waals surface area contributed by atoms with E-state index in [-0.39, 0.29) is 24.5 Å². The second kappa shape index (κ2) is 9.78. The lowest BCUT2D eigenvalue weighted by Gasteiger charge is -2.51. The normalized spacial score (nSPS) is 20.5. The van der Waals surface area contributed by atoms with Gasteiger partial charge in [-0.25, -0.2) is 18.5 Å². The standard InChI is InChI=1S/C27H25F2N5O3/c1-17(30)8-11-22(31)32-12-13-33-26(37)34(23(35)16-27(33,2)25(32)36)24-20(28)14-19(15-21(24)29)10-9-18-6-4-3-5-7-18/h3-8,11,14-15H,12-13,16,30-31H2,1-2H3/b17-8-,22-11+. The summed E-state index contributed by atoms with van der Waals surface area (Å²) in [6.07, 6.45) is 2.50. The van der Waals surface area contributed by atoms with Crippen LogP contribution >= 0.6 is 0 Å². The molecule has 0 saturated carbocycles. The Bertz CT molecular complexity index is 1380. The Morgan fingerprint density at radius 3 is 2.22 bits per heavy atom. The van der Waals surface area contributed by atoms with Gasteiger partial charge in [-0.05, 0) is 50.3 Å². The van der Waals surface area contributed by atoms with Gasteiger partial charge in [0.15, 0.2) is 11.6 Å². The van der Waals surface area contributed by atoms with Crippen molar-refractivity contribution in [3.8, 4) is 11.8 Å². The maximum atomic E-state index is 15.1. The van der Waals surface area contributed by atoms with Gasteiger partial charge in [0.2, 0.25) is 5.91 Å². The van der Waals surface area contributed by atoms with E-state index in [1.54, 1.807) is 31.2 Å². The molecule has 0 radical (unpaired) electrons. The molecule has 0 aromatic heterocycles. The molecule has 2 saturated heterocycles. The summed E-state index contributed by atoms with van der Waals surface area (Å²) in [5.74, 6) is 1.84. The molecule has 0 bridgehead atoms. The lowest BCUT2D eigenvalue weighted by molar-refractivity contribution is -0.149. The van der Waals surface area contributed by atoms with Crippen molar-refractivity contribution >= 4 is 23.5 Å². The Morgan fingerprint density at radius 1 is 0.973 bits per heavy atom. The van der Waals surface area contributed by atoms with Crippen LogP contribution in [0.3, 0.4) is 0 Å². The fourth-order valence-electron chi connectivity index (χ4n) is 4.32. The van der Waals surface area contributed by atoms with Crippen molar-refractivity contribution in [1.29, 1.82) is 0 Å². The van der Waals surface area contributed by atoms with Crippen LogP contribution in [-0.2, 0) is 9.59 Å². The van der Waals surface area contributed by atoms with E-state index in [0.29, 0.717) is 16.2 Å². The van der Waals surface area contributed by atoms with E-state index in [4.69, 9.17) is 11.5 Å². The van der Waals surface area contributed by atoms with Gasteiger partial charge in [0.05, 0.1) is 6.42 Å². The molecular weight excluding hydrogens is 480 g/mol. The lowest BCUT2D eigenvalue weighted by Crippen LogP contribution is -2.72. The van der Waals surface area contributed by atoms with Crippen molar-refractivity contribution in [3.05, 3.63) is 88.9 Å². The average Bonchev–Trinajstić information content (AvgIpc) is 2.84. The molecule has 1 unspecified atom stereocenters. The minimum atomic E-state index is -1.57. The predicted molar refractivity (Wildman–Crippen MR) is 133 cm³/mol. The van der Waals surface area contributed by atoms with Gasteiger partial charge in [0, 0.05) is 29.9 Å². The highest BCUT2D eigenvalue weighted by atomic mass is 19.1. The number of allylic oxidation sites excluding steroid dienone is 3. The van der Waals surface area contributed by atoms with E-state index in [0.717, 1.165) is 17.0 Å². The highest BCUT2D eigenvalue weighted by Gasteiger charge is 2.56. The number of nitrogens with zero attached hydrogens (tertiary/aromatic N) is 3. The molecule has 2 aromatic carbocycles. The number of imide groups is 1. The summed E-state index contributed by atoms with van der Waals surface area (Å²) in [5.41, 5.74) is 10.4. The van der Waals surface area contributed by atoms with Crippen molar-refractivity contribution < 1.29 is 23.2 Å². The van der Waals surface area contributed by atoms with Crippen molar-refractivity contribution in [3.63, 3.8) is 0 Å². The number of carbonyl (C=O) groups is 3. The fourth-order valence-corrected chi connectivity index (χ4v) is 4.32. The first kappa shape index (κ1) is 25.4. The number of nitrogens with two attached hydrogens (primary N) is 2. The van der Waals surface area contributed by atoms with Crippen molar-refractivity contribution in [2.24, 2.45) is 11.5 Å². The Hall–Kier alpha value is -4.65. The molecule has 2 fully saturated rings. The summed E-state index contributed by atoms with van der Waals surface area (Å²) in [6, 6.07) is 9.80. The number of hydrogen-bond acceptors (Lipinski definition) is 5. The van der Waals surface area contributed by atoms with Crippen LogP contribution in [0, 0.1) is 23.5 Å². The van der Waals surface area contributed by atoms with E-state index >= 15 is 8.78 Å². The maximum Gasteiger partial charge on any atom is 0.332 e. The van der Waals surface area contributed by atoms with Crippen LogP contribution in [0.2, 0.25) is 0 Å². The fraction of sp³-hybridized carbons (Fsp3) is 0.222. The molecule has 0 spiro atoms. The zero-order valence-corrected chi connectivity index (χ0v) is 20.3. The first-order valence-electron chi connectivity index (χ1n) is 11.4. The van der Waals surface area contributed by atoms with Crippen LogP contribution in [0.1, 0.15) is 31.4 Å². The molecule has 2 aromatic rings. The van der Waals surface area contributed by atoms with E-state index in [1.165, 1.54) is 24.0 Å². The van der Waals surface area contributed by atoms with Gasteiger partial charge < -0.3 is 16.4 Å². The second-order valence-corrected chi connectivity index (χ2v) is 8.98. The number of amides is 4. The summed E-state index contributed by atoms with van der Waals surface area (Å²) < 4.78 is 30.2. The predicted octanol–water partition coefficient (Wildman–Crippen LogP) is 2.79. The summed E-state index contributed by atoms with van der Waals surface area (Å²) in [4.78, 5) is 42.6. The molecule has 1 atom stereocenters. The zero-order valence-electron chi connectivity index (χ0n) is 20.3. The highest BCUT2D eigenvalue weighted by Crippen LogP contribution is 2.37. The van der Waals surface area contributed by atoms with Crippen LogP contribution in [0.15, 0.2) is 66.1 Å². The number of urea groups is 1. The summed E-state index contributed by atoms with van der Waals surface area (Å²) in [6.45, 7) is 3.11. The monoisotopic (exact) mass is 505 g/mol. The average molecular weight is 506 g/mol. The van der Waals surface area contributed by atoms with Gasteiger partial charge in [-0.2, -0.15) is 0 Å². The molecule has 8 nitrogen and oxygen atoms in total. The van der Waals surface area contributed by atoms with Crippen molar-refractivity contribution in [2.45, 2.75) is 25.8 Å². The van der Waals surface area contributed by atoms with Crippen LogP contribution in [0.5, 0.6) is 0 Å². The number of rotatable bonds is 3. The minimum Gasteiger partial charge on any atom is -0.402 e. The van der Waals surface area contributed by atoms with Crippen LogP contribution in [-0.4, -0.2) is 46.3 Å². The highest BCUT2D eigenvalue weighted by molar-refractivity contribution is 6.19.